The molecule has 2 N–H and O–H groups in total. The van der Waals surface area contributed by atoms with Gasteiger partial charge in [0.1, 0.15) is 0 Å². The van der Waals surface area contributed by atoms with Crippen molar-refractivity contribution in [1.29, 1.82) is 0 Å². The van der Waals surface area contributed by atoms with Gasteiger partial charge in [0, 0.05) is 24.5 Å². The van der Waals surface area contributed by atoms with Gasteiger partial charge in [-0.05, 0) is 0 Å². The van der Waals surface area contributed by atoms with Crippen molar-refractivity contribution in [2.24, 2.45) is 0 Å². The van der Waals surface area contributed by atoms with Gasteiger partial charge in [-0.3, -0.25) is 0 Å². The molecule has 5 nitrogen and oxygen atoms in total. The number of hydrogen-bond acceptors (Lipinski definition) is 3. The molecule has 0 aromatic carbocycles. The van der Waals surface area contributed by atoms with Crippen LogP contribution in [0.4, 0.5) is 4.79 Å². The van der Waals surface area contributed by atoms with Gasteiger partial charge in [0.2, 0.25) is 0 Å². The molecule has 0 saturated heterocycles. The third-order valence-electron chi connectivity index (χ3n) is 1.22. The maximum Gasteiger partial charge on any atom is 0.404 e. The Bertz CT molecular complexity index is 128. The number of carbonyl (C=O) groups is 1. The highest BCUT2D eigenvalue weighted by Crippen LogP contribution is 1.94. The van der Waals surface area contributed by atoms with Gasteiger partial charge in [-0.25, -0.2) is 4.79 Å². The molecule has 0 rings (SSSR count). The van der Waals surface area contributed by atoms with Crippen LogP contribution in [0.3, 0.4) is 0 Å². The molecule has 0 aliphatic rings. The summed E-state index contributed by atoms with van der Waals surface area (Å²) in [6.45, 7) is 0. The molecule has 0 radical (unpaired) electrons. The van der Waals surface area contributed by atoms with E-state index < -0.39 is 12.4 Å². The van der Waals surface area contributed by atoms with Gasteiger partial charge in [0.05, 0.1) is 5.67 Å². The Morgan fingerprint density at radius 3 is 2.27 bits per heavy atom. The highest BCUT2D eigenvalue weighted by molar-refractivity contribution is 6.13. The first-order chi connectivity index (χ1) is 5.11. The van der Waals surface area contributed by atoms with Crippen LogP contribution < -0.4 is 5.32 Å². The van der Waals surface area contributed by atoms with E-state index in [4.69, 9.17) is 14.6 Å². The number of methoxy groups -OCH3 is 2. The molecule has 0 aromatic heterocycles. The normalized spacial score (nSPS) is 13.4. The molecule has 0 heterocycles. The SMILES string of the molecule is COC(OC)C([SiH3])NC(=O)O. The van der Waals surface area contributed by atoms with Crippen molar-refractivity contribution in [3.05, 3.63) is 0 Å². The first-order valence-corrected chi connectivity index (χ1v) is 4.32. The quantitative estimate of drug-likeness (QED) is 0.410. The van der Waals surface area contributed by atoms with E-state index in [1.807, 2.05) is 0 Å². The molecule has 66 valence electrons. The zero-order valence-corrected chi connectivity index (χ0v) is 8.83. The molecule has 1 unspecified atom stereocenters. The Labute approximate surface area is 68.1 Å². The molecular formula is C5H13NO4Si. The lowest BCUT2D eigenvalue weighted by molar-refractivity contribution is -0.106. The molecular weight excluding hydrogens is 166 g/mol. The van der Waals surface area contributed by atoms with Crippen molar-refractivity contribution in [3.63, 3.8) is 0 Å². The van der Waals surface area contributed by atoms with Crippen molar-refractivity contribution in [1.82, 2.24) is 5.32 Å². The number of carboxylic acid groups (broad SMARTS) is 1. The Balaban J connectivity index is 3.78. The van der Waals surface area contributed by atoms with Crippen molar-refractivity contribution in [2.45, 2.75) is 12.0 Å². The highest BCUT2D eigenvalue weighted by Gasteiger charge is 2.16. The van der Waals surface area contributed by atoms with E-state index in [9.17, 15) is 4.79 Å². The Hall–Kier alpha value is -0.593. The summed E-state index contributed by atoms with van der Waals surface area (Å²) in [5.74, 6) is 0. The Kier molecular flexibility index (Phi) is 4.83. The summed E-state index contributed by atoms with van der Waals surface area (Å²) < 4.78 is 9.70. The van der Waals surface area contributed by atoms with Gasteiger partial charge in [0.25, 0.3) is 0 Å². The van der Waals surface area contributed by atoms with E-state index in [1.54, 1.807) is 0 Å². The van der Waals surface area contributed by atoms with E-state index in [0.717, 1.165) is 0 Å². The Morgan fingerprint density at radius 1 is 1.55 bits per heavy atom. The van der Waals surface area contributed by atoms with Crippen LogP contribution >= 0.6 is 0 Å². The predicted octanol–water partition coefficient (Wildman–Crippen LogP) is -1.44. The molecule has 0 fully saturated rings. The minimum absolute atomic E-state index is 0.234. The topological polar surface area (TPSA) is 67.8 Å². The maximum atomic E-state index is 10.1. The molecule has 1 amide bonds. The largest absolute Gasteiger partial charge is 0.465 e. The van der Waals surface area contributed by atoms with Gasteiger partial charge >= 0.3 is 6.09 Å². The number of rotatable bonds is 4. The van der Waals surface area contributed by atoms with Crippen molar-refractivity contribution < 1.29 is 19.4 Å². The number of nitrogens with one attached hydrogen (secondary N) is 1. The summed E-state index contributed by atoms with van der Waals surface area (Å²) >= 11 is 0. The molecule has 0 aliphatic carbocycles. The van der Waals surface area contributed by atoms with Gasteiger partial charge < -0.3 is 19.9 Å². The smallest absolute Gasteiger partial charge is 0.404 e. The van der Waals surface area contributed by atoms with E-state index in [-0.39, 0.29) is 5.67 Å². The predicted molar refractivity (Wildman–Crippen MR) is 42.7 cm³/mol. The standard InChI is InChI=1S/C5H13NO4Si/c1-9-4(10-2)3(11)6-5(7)8/h3-4,6H,1-2,11H3,(H,7,8). The van der Waals surface area contributed by atoms with Gasteiger partial charge in [0.15, 0.2) is 6.29 Å². The lowest BCUT2D eigenvalue weighted by Gasteiger charge is -2.20. The second kappa shape index (κ2) is 5.11. The van der Waals surface area contributed by atoms with Crippen molar-refractivity contribution in [2.75, 3.05) is 14.2 Å². The summed E-state index contributed by atoms with van der Waals surface area (Å²) in [5.41, 5.74) is -0.234. The second-order valence-corrected chi connectivity index (χ2v) is 3.32. The van der Waals surface area contributed by atoms with Crippen LogP contribution in [0.15, 0.2) is 0 Å². The number of hydrogen-bond donors (Lipinski definition) is 2. The van der Waals surface area contributed by atoms with E-state index >= 15 is 0 Å². The number of ether oxygens (including phenoxy) is 2. The minimum atomic E-state index is -1.05. The van der Waals surface area contributed by atoms with Gasteiger partial charge in [-0.2, -0.15) is 0 Å². The molecule has 0 aromatic rings. The fraction of sp³-hybridized carbons (Fsp3) is 0.800. The first-order valence-electron chi connectivity index (χ1n) is 3.16. The summed E-state index contributed by atoms with van der Waals surface area (Å²) in [5, 5.41) is 10.6. The molecule has 11 heavy (non-hydrogen) atoms. The second-order valence-electron chi connectivity index (χ2n) is 2.08. The molecule has 0 spiro atoms. The number of amides is 1. The van der Waals surface area contributed by atoms with Crippen molar-refractivity contribution in [3.8, 4) is 0 Å². The lowest BCUT2D eigenvalue weighted by Crippen LogP contribution is -2.44. The fourth-order valence-corrected chi connectivity index (χ4v) is 1.56. The van der Waals surface area contributed by atoms with E-state index in [2.05, 4.69) is 5.32 Å². The minimum Gasteiger partial charge on any atom is -0.465 e. The van der Waals surface area contributed by atoms with Crippen LogP contribution in [0.2, 0.25) is 0 Å². The van der Waals surface area contributed by atoms with E-state index in [1.165, 1.54) is 14.2 Å². The third kappa shape index (κ3) is 3.97. The van der Waals surface area contributed by atoms with Crippen LogP contribution in [-0.2, 0) is 9.47 Å². The molecule has 0 saturated carbocycles. The van der Waals surface area contributed by atoms with Crippen LogP contribution in [0.25, 0.3) is 0 Å². The average molecular weight is 179 g/mol. The van der Waals surface area contributed by atoms with Crippen LogP contribution in [0.5, 0.6) is 0 Å². The monoisotopic (exact) mass is 179 g/mol. The first kappa shape index (κ1) is 10.4. The fourth-order valence-electron chi connectivity index (χ4n) is 0.767. The zero-order chi connectivity index (χ0) is 8.85. The van der Waals surface area contributed by atoms with Crippen LogP contribution in [0.1, 0.15) is 0 Å². The molecule has 6 heteroatoms. The summed E-state index contributed by atoms with van der Waals surface area (Å²) in [4.78, 5) is 10.1. The van der Waals surface area contributed by atoms with Gasteiger partial charge in [-0.1, -0.05) is 0 Å². The lowest BCUT2D eigenvalue weighted by atomic mass is 10.6. The van der Waals surface area contributed by atoms with Crippen LogP contribution in [-0.4, -0.2) is 47.6 Å². The third-order valence-corrected chi connectivity index (χ3v) is 2.06. The maximum absolute atomic E-state index is 10.1. The molecule has 0 bridgehead atoms. The van der Waals surface area contributed by atoms with E-state index in [0.29, 0.717) is 10.2 Å². The van der Waals surface area contributed by atoms with Gasteiger partial charge in [-0.15, -0.1) is 0 Å². The van der Waals surface area contributed by atoms with Crippen LogP contribution in [0, 0.1) is 0 Å². The molecule has 1 atom stereocenters. The highest BCUT2D eigenvalue weighted by atomic mass is 28.1. The Morgan fingerprint density at radius 2 is 2.00 bits per heavy atom. The average Bonchev–Trinajstić information content (AvgIpc) is 1.88. The summed E-state index contributed by atoms with van der Waals surface area (Å²) in [6, 6.07) is 0. The molecule has 0 aliphatic heterocycles. The van der Waals surface area contributed by atoms with Crippen molar-refractivity contribution >= 4 is 16.3 Å². The zero-order valence-electron chi connectivity index (χ0n) is 6.83. The summed E-state index contributed by atoms with van der Waals surface area (Å²) in [7, 11) is 3.60. The summed E-state index contributed by atoms with van der Waals surface area (Å²) in [6.07, 6.45) is -1.53.